The molecule has 0 aliphatic carbocycles. The number of methoxy groups -OCH3 is 1. The van der Waals surface area contributed by atoms with Gasteiger partial charge in [-0.3, -0.25) is 4.79 Å². The average molecular weight is 474 g/mol. The maximum Gasteiger partial charge on any atom is 0.229 e. The van der Waals surface area contributed by atoms with Gasteiger partial charge in [-0.05, 0) is 68.1 Å². The van der Waals surface area contributed by atoms with Crippen LogP contribution in [0.4, 0.5) is 4.39 Å². The smallest absolute Gasteiger partial charge is 0.229 e. The number of ether oxygens (including phenoxy) is 5. The molecule has 184 valence electrons. The number of fused-ring (bicyclic) bond motifs is 1. The van der Waals surface area contributed by atoms with Crippen molar-refractivity contribution < 1.29 is 32.9 Å². The highest BCUT2D eigenvalue weighted by Crippen LogP contribution is 2.39. The summed E-state index contributed by atoms with van der Waals surface area (Å²) >= 11 is 0. The first-order chi connectivity index (χ1) is 16.2. The second-order valence-corrected chi connectivity index (χ2v) is 9.15. The van der Waals surface area contributed by atoms with Gasteiger partial charge in [-0.15, -0.1) is 0 Å². The summed E-state index contributed by atoms with van der Waals surface area (Å²) in [5.41, 5.74) is 2.50. The molecule has 0 radical (unpaired) electrons. The van der Waals surface area contributed by atoms with E-state index in [9.17, 15) is 9.18 Å². The molecule has 2 aliphatic heterocycles. The minimum atomic E-state index is -0.790. The summed E-state index contributed by atoms with van der Waals surface area (Å²) < 4.78 is 44.2. The second kappa shape index (κ2) is 10.00. The Kier molecular flexibility index (Phi) is 7.23. The molecule has 2 saturated heterocycles. The highest BCUT2D eigenvalue weighted by molar-refractivity contribution is 5.73. The van der Waals surface area contributed by atoms with Crippen molar-refractivity contribution in [2.75, 3.05) is 13.7 Å². The number of hydrogen-bond donors (Lipinski definition) is 1. The minimum absolute atomic E-state index is 0.0959. The van der Waals surface area contributed by atoms with E-state index < -0.39 is 18.2 Å². The van der Waals surface area contributed by atoms with Crippen molar-refractivity contribution in [3.63, 3.8) is 0 Å². The number of carbonyl (C=O) groups excluding carboxylic acids is 1. The molecule has 4 rings (SSSR count). The van der Waals surface area contributed by atoms with Crippen LogP contribution in [-0.2, 0) is 30.2 Å². The maximum absolute atomic E-state index is 14.0. The summed E-state index contributed by atoms with van der Waals surface area (Å²) in [7, 11) is 1.63. The summed E-state index contributed by atoms with van der Waals surface area (Å²) in [6.45, 7) is 7.58. The van der Waals surface area contributed by atoms with Crippen molar-refractivity contribution in [3.8, 4) is 16.9 Å². The van der Waals surface area contributed by atoms with E-state index in [1.165, 1.54) is 19.1 Å². The maximum atomic E-state index is 14.0. The number of carbonyl (C=O) groups is 1. The molecule has 2 aromatic carbocycles. The highest BCUT2D eigenvalue weighted by Gasteiger charge is 2.55. The van der Waals surface area contributed by atoms with Gasteiger partial charge in [0, 0.05) is 20.6 Å². The van der Waals surface area contributed by atoms with Crippen LogP contribution in [0, 0.1) is 5.82 Å². The first-order valence-corrected chi connectivity index (χ1v) is 11.5. The molecule has 34 heavy (non-hydrogen) atoms. The van der Waals surface area contributed by atoms with E-state index in [4.69, 9.17) is 23.7 Å². The van der Waals surface area contributed by atoms with Crippen molar-refractivity contribution in [1.29, 1.82) is 0 Å². The van der Waals surface area contributed by atoms with E-state index in [1.54, 1.807) is 13.2 Å². The third-order valence-electron chi connectivity index (χ3n) is 6.08. The number of amides is 1. The summed E-state index contributed by atoms with van der Waals surface area (Å²) in [6.07, 6.45) is -1.49. The molecule has 1 N–H and O–H groups in total. The Balaban J connectivity index is 1.61. The fraction of sp³-hybridized carbons (Fsp3) is 0.500. The second-order valence-electron chi connectivity index (χ2n) is 9.15. The Morgan fingerprint density at radius 2 is 1.91 bits per heavy atom. The van der Waals surface area contributed by atoms with Crippen LogP contribution in [0.2, 0.25) is 0 Å². The van der Waals surface area contributed by atoms with E-state index in [-0.39, 0.29) is 30.0 Å². The van der Waals surface area contributed by atoms with Crippen LogP contribution in [-0.4, -0.2) is 56.1 Å². The normalized spacial score (nSPS) is 27.8. The number of halogens is 1. The van der Waals surface area contributed by atoms with Crippen molar-refractivity contribution in [2.45, 2.75) is 70.6 Å². The van der Waals surface area contributed by atoms with Crippen LogP contribution in [0.25, 0.3) is 11.1 Å². The van der Waals surface area contributed by atoms with Crippen LogP contribution >= 0.6 is 0 Å². The molecule has 2 fully saturated rings. The van der Waals surface area contributed by atoms with Gasteiger partial charge in [0.15, 0.2) is 11.9 Å². The van der Waals surface area contributed by atoms with Gasteiger partial charge in [0.25, 0.3) is 0 Å². The Morgan fingerprint density at radius 1 is 1.15 bits per heavy atom. The van der Waals surface area contributed by atoms with Gasteiger partial charge in [0.05, 0.1) is 6.10 Å². The standard InChI is InChI=1S/C26H32FNO6/c1-15-22(30-5)23-24(34-26(3,4)33-23)25(31-15)32-20-10-9-17(11-12-28-16(2)29)21(14-20)18-7-6-8-19(27)13-18/h6-10,13-15,22-25H,11-12H2,1-5H3,(H,28,29)/t15-,22-,23+,24+,25-/m0/s1. The third kappa shape index (κ3) is 5.41. The van der Waals surface area contributed by atoms with Gasteiger partial charge in [0.2, 0.25) is 12.2 Å². The van der Waals surface area contributed by atoms with Gasteiger partial charge < -0.3 is 29.0 Å². The van der Waals surface area contributed by atoms with Gasteiger partial charge in [-0.2, -0.15) is 0 Å². The van der Waals surface area contributed by atoms with Crippen LogP contribution in [0.15, 0.2) is 42.5 Å². The molecule has 2 aromatic rings. The number of rotatable bonds is 7. The fourth-order valence-corrected chi connectivity index (χ4v) is 4.61. The number of hydrogen-bond acceptors (Lipinski definition) is 6. The van der Waals surface area contributed by atoms with E-state index in [2.05, 4.69) is 5.32 Å². The summed E-state index contributed by atoms with van der Waals surface area (Å²) in [6, 6.07) is 12.0. The average Bonchev–Trinajstić information content (AvgIpc) is 3.09. The summed E-state index contributed by atoms with van der Waals surface area (Å²) in [4.78, 5) is 11.3. The van der Waals surface area contributed by atoms with Gasteiger partial charge in [-0.25, -0.2) is 4.39 Å². The zero-order valence-electron chi connectivity index (χ0n) is 20.2. The molecule has 0 spiro atoms. The number of nitrogens with one attached hydrogen (secondary N) is 1. The molecular weight excluding hydrogens is 441 g/mol. The Morgan fingerprint density at radius 3 is 2.62 bits per heavy atom. The van der Waals surface area contributed by atoms with E-state index in [0.29, 0.717) is 18.7 Å². The molecule has 0 aromatic heterocycles. The summed E-state index contributed by atoms with van der Waals surface area (Å²) in [5.74, 6) is -0.654. The van der Waals surface area contributed by atoms with E-state index in [0.717, 1.165) is 16.7 Å². The largest absolute Gasteiger partial charge is 0.462 e. The monoisotopic (exact) mass is 473 g/mol. The van der Waals surface area contributed by atoms with E-state index in [1.807, 2.05) is 45.0 Å². The van der Waals surface area contributed by atoms with Crippen molar-refractivity contribution in [2.24, 2.45) is 0 Å². The van der Waals surface area contributed by atoms with Crippen LogP contribution in [0.1, 0.15) is 33.3 Å². The van der Waals surface area contributed by atoms with Gasteiger partial charge in [0.1, 0.15) is 23.8 Å². The lowest BCUT2D eigenvalue weighted by Crippen LogP contribution is -2.57. The zero-order chi connectivity index (χ0) is 24.5. The van der Waals surface area contributed by atoms with E-state index >= 15 is 0 Å². The third-order valence-corrected chi connectivity index (χ3v) is 6.08. The molecule has 5 atom stereocenters. The first-order valence-electron chi connectivity index (χ1n) is 11.5. The minimum Gasteiger partial charge on any atom is -0.462 e. The van der Waals surface area contributed by atoms with Gasteiger partial charge in [-0.1, -0.05) is 18.2 Å². The Bertz CT molecular complexity index is 1030. The van der Waals surface area contributed by atoms with Crippen LogP contribution < -0.4 is 10.1 Å². The molecule has 2 aliphatic rings. The topological polar surface area (TPSA) is 75.3 Å². The van der Waals surface area contributed by atoms with Crippen LogP contribution in [0.3, 0.4) is 0 Å². The lowest BCUT2D eigenvalue weighted by molar-refractivity contribution is -0.246. The zero-order valence-corrected chi connectivity index (χ0v) is 20.2. The molecule has 0 bridgehead atoms. The predicted molar refractivity (Wildman–Crippen MR) is 124 cm³/mol. The quantitative estimate of drug-likeness (QED) is 0.659. The highest BCUT2D eigenvalue weighted by atomic mass is 19.1. The molecule has 0 saturated carbocycles. The molecular formula is C26H32FNO6. The summed E-state index contributed by atoms with van der Waals surface area (Å²) in [5, 5.41) is 2.81. The molecule has 1 amide bonds. The first kappa shape index (κ1) is 24.6. The molecule has 8 heteroatoms. The molecule has 2 heterocycles. The van der Waals surface area contributed by atoms with Crippen molar-refractivity contribution >= 4 is 5.91 Å². The lowest BCUT2D eigenvalue weighted by atomic mass is 9.97. The van der Waals surface area contributed by atoms with Crippen LogP contribution in [0.5, 0.6) is 5.75 Å². The predicted octanol–water partition coefficient (Wildman–Crippen LogP) is 3.83. The Hall–Kier alpha value is -2.52. The SMILES string of the molecule is CO[C@@H]1[C@H]2OC(C)(C)O[C@H]2[C@H](Oc2ccc(CCNC(C)=O)c(-c3cccc(F)c3)c2)O[C@H]1C. The molecule has 7 nitrogen and oxygen atoms in total. The lowest BCUT2D eigenvalue weighted by Gasteiger charge is -2.40. The van der Waals surface area contributed by atoms with Crippen molar-refractivity contribution in [1.82, 2.24) is 5.32 Å². The molecule has 0 unspecified atom stereocenters. The van der Waals surface area contributed by atoms with Crippen molar-refractivity contribution in [3.05, 3.63) is 53.8 Å². The Labute approximate surface area is 199 Å². The number of benzene rings is 2. The van der Waals surface area contributed by atoms with Gasteiger partial charge >= 0.3 is 0 Å². The fourth-order valence-electron chi connectivity index (χ4n) is 4.61.